The fourth-order valence-electron chi connectivity index (χ4n) is 3.70. The van der Waals surface area contributed by atoms with Gasteiger partial charge in [-0.05, 0) is 48.7 Å². The topological polar surface area (TPSA) is 97.3 Å². The number of methoxy groups -OCH3 is 2. The standard InChI is InChI=1S/C22H26N2O6/c1-4-30-18-8-6-5-7-16(18)23-22(27)24-10-9-14-11-19(28-2)20(29-3)12-15(14)17(24)13-21(25)26/h5-8,11-12,17H,4,9-10,13H2,1-3H3,(H,23,27)(H,25,26)/t17-/m1/s1. The molecule has 1 aliphatic rings. The number of ether oxygens (including phenoxy) is 3. The largest absolute Gasteiger partial charge is 0.493 e. The Morgan fingerprint density at radius 3 is 2.50 bits per heavy atom. The lowest BCUT2D eigenvalue weighted by Gasteiger charge is -2.37. The van der Waals surface area contributed by atoms with Gasteiger partial charge in [0, 0.05) is 6.54 Å². The van der Waals surface area contributed by atoms with Crippen LogP contribution in [-0.2, 0) is 11.2 Å². The molecule has 3 rings (SSSR count). The van der Waals surface area contributed by atoms with E-state index in [1.54, 1.807) is 36.3 Å². The molecule has 1 heterocycles. The number of rotatable bonds is 7. The number of carboxylic acid groups (broad SMARTS) is 1. The van der Waals surface area contributed by atoms with Gasteiger partial charge in [-0.15, -0.1) is 0 Å². The van der Waals surface area contributed by atoms with Gasteiger partial charge in [-0.1, -0.05) is 12.1 Å². The summed E-state index contributed by atoms with van der Waals surface area (Å²) in [7, 11) is 3.08. The fraction of sp³-hybridized carbons (Fsp3) is 0.364. The lowest BCUT2D eigenvalue weighted by atomic mass is 9.90. The summed E-state index contributed by atoms with van der Waals surface area (Å²) in [5.41, 5.74) is 2.23. The molecule has 8 nitrogen and oxygen atoms in total. The normalized spacial score (nSPS) is 15.2. The van der Waals surface area contributed by atoms with Crippen LogP contribution in [0.25, 0.3) is 0 Å². The van der Waals surface area contributed by atoms with Gasteiger partial charge in [0.2, 0.25) is 0 Å². The smallest absolute Gasteiger partial charge is 0.322 e. The molecule has 30 heavy (non-hydrogen) atoms. The van der Waals surface area contributed by atoms with Crippen LogP contribution in [0.4, 0.5) is 10.5 Å². The summed E-state index contributed by atoms with van der Waals surface area (Å²) in [5, 5.41) is 12.4. The number of nitrogens with zero attached hydrogens (tertiary/aromatic N) is 1. The average Bonchev–Trinajstić information content (AvgIpc) is 2.74. The first-order valence-corrected chi connectivity index (χ1v) is 9.74. The zero-order valence-electron chi connectivity index (χ0n) is 17.3. The molecule has 0 aromatic heterocycles. The molecule has 0 aliphatic carbocycles. The summed E-state index contributed by atoms with van der Waals surface area (Å²) in [4.78, 5) is 26.2. The first-order valence-electron chi connectivity index (χ1n) is 9.74. The predicted octanol–water partition coefficient (Wildman–Crippen LogP) is 3.71. The van der Waals surface area contributed by atoms with Crippen molar-refractivity contribution in [2.45, 2.75) is 25.8 Å². The maximum Gasteiger partial charge on any atom is 0.322 e. The van der Waals surface area contributed by atoms with Crippen LogP contribution in [0.15, 0.2) is 36.4 Å². The molecule has 2 N–H and O–H groups in total. The average molecular weight is 414 g/mol. The van der Waals surface area contributed by atoms with Gasteiger partial charge in [-0.3, -0.25) is 4.79 Å². The van der Waals surface area contributed by atoms with Crippen LogP contribution in [0.1, 0.15) is 30.5 Å². The van der Waals surface area contributed by atoms with E-state index >= 15 is 0 Å². The van der Waals surface area contributed by atoms with Crippen LogP contribution in [0.5, 0.6) is 17.2 Å². The van der Waals surface area contributed by atoms with E-state index in [0.717, 1.165) is 11.1 Å². The molecule has 0 bridgehead atoms. The fourth-order valence-corrected chi connectivity index (χ4v) is 3.70. The number of carbonyl (C=O) groups is 2. The number of benzene rings is 2. The van der Waals surface area contributed by atoms with Crippen molar-refractivity contribution in [3.05, 3.63) is 47.5 Å². The van der Waals surface area contributed by atoms with E-state index in [1.165, 1.54) is 7.11 Å². The van der Waals surface area contributed by atoms with Gasteiger partial charge in [0.15, 0.2) is 11.5 Å². The number of hydrogen-bond donors (Lipinski definition) is 2. The van der Waals surface area contributed by atoms with Crippen molar-refractivity contribution in [2.24, 2.45) is 0 Å². The van der Waals surface area contributed by atoms with Crippen LogP contribution in [-0.4, -0.2) is 49.4 Å². The summed E-state index contributed by atoms with van der Waals surface area (Å²) < 4.78 is 16.3. The Kier molecular flexibility index (Phi) is 6.66. The number of para-hydroxylation sites is 2. The van der Waals surface area contributed by atoms with Gasteiger partial charge < -0.3 is 29.5 Å². The Morgan fingerprint density at radius 1 is 1.13 bits per heavy atom. The molecule has 0 spiro atoms. The van der Waals surface area contributed by atoms with Crippen molar-refractivity contribution < 1.29 is 28.9 Å². The highest BCUT2D eigenvalue weighted by atomic mass is 16.5. The molecule has 160 valence electrons. The number of aliphatic carboxylic acids is 1. The van der Waals surface area contributed by atoms with Gasteiger partial charge in [0.05, 0.1) is 39.0 Å². The van der Waals surface area contributed by atoms with Crippen LogP contribution >= 0.6 is 0 Å². The van der Waals surface area contributed by atoms with Crippen molar-refractivity contribution in [1.29, 1.82) is 0 Å². The van der Waals surface area contributed by atoms with Crippen molar-refractivity contribution in [3.63, 3.8) is 0 Å². The summed E-state index contributed by atoms with van der Waals surface area (Å²) in [6.07, 6.45) is 0.356. The number of carboxylic acids is 1. The monoisotopic (exact) mass is 414 g/mol. The Bertz CT molecular complexity index is 930. The molecule has 1 aliphatic heterocycles. The van der Waals surface area contributed by atoms with E-state index in [2.05, 4.69) is 5.32 Å². The summed E-state index contributed by atoms with van der Waals surface area (Å²) >= 11 is 0. The Hall–Kier alpha value is -3.42. The quantitative estimate of drug-likeness (QED) is 0.717. The highest BCUT2D eigenvalue weighted by Crippen LogP contribution is 2.40. The van der Waals surface area contributed by atoms with E-state index in [4.69, 9.17) is 14.2 Å². The number of amides is 2. The number of anilines is 1. The molecule has 0 unspecified atom stereocenters. The van der Waals surface area contributed by atoms with Gasteiger partial charge in [0.1, 0.15) is 5.75 Å². The second-order valence-electron chi connectivity index (χ2n) is 6.82. The summed E-state index contributed by atoms with van der Waals surface area (Å²) in [6.45, 7) is 2.71. The molecule has 1 atom stereocenters. The minimum absolute atomic E-state index is 0.219. The van der Waals surface area contributed by atoms with Gasteiger partial charge >= 0.3 is 12.0 Å². The molecular formula is C22H26N2O6. The van der Waals surface area contributed by atoms with E-state index < -0.39 is 12.0 Å². The molecule has 2 aromatic carbocycles. The lowest BCUT2D eigenvalue weighted by molar-refractivity contribution is -0.138. The van der Waals surface area contributed by atoms with Crippen molar-refractivity contribution in [3.8, 4) is 17.2 Å². The Morgan fingerprint density at radius 2 is 1.83 bits per heavy atom. The van der Waals surface area contributed by atoms with Gasteiger partial charge in [-0.2, -0.15) is 0 Å². The van der Waals surface area contributed by atoms with Crippen molar-refractivity contribution in [1.82, 2.24) is 4.90 Å². The minimum atomic E-state index is -0.991. The summed E-state index contributed by atoms with van der Waals surface area (Å²) in [5.74, 6) is 0.645. The van der Waals surface area contributed by atoms with Crippen LogP contribution in [0, 0.1) is 0 Å². The molecule has 0 saturated heterocycles. The molecule has 8 heteroatoms. The van der Waals surface area contributed by atoms with Crippen LogP contribution in [0.3, 0.4) is 0 Å². The highest BCUT2D eigenvalue weighted by Gasteiger charge is 2.34. The molecule has 0 fully saturated rings. The van der Waals surface area contributed by atoms with E-state index in [9.17, 15) is 14.7 Å². The summed E-state index contributed by atoms with van der Waals surface area (Å²) in [6, 6.07) is 9.74. The number of hydrogen-bond acceptors (Lipinski definition) is 5. The van der Waals surface area contributed by atoms with E-state index in [0.29, 0.717) is 42.5 Å². The second kappa shape index (κ2) is 9.39. The molecule has 0 radical (unpaired) electrons. The zero-order valence-corrected chi connectivity index (χ0v) is 17.3. The Labute approximate surface area is 175 Å². The number of nitrogens with one attached hydrogen (secondary N) is 1. The predicted molar refractivity (Wildman–Crippen MR) is 112 cm³/mol. The minimum Gasteiger partial charge on any atom is -0.493 e. The highest BCUT2D eigenvalue weighted by molar-refractivity contribution is 5.91. The van der Waals surface area contributed by atoms with E-state index in [1.807, 2.05) is 19.1 Å². The number of urea groups is 1. The third-order valence-corrected chi connectivity index (χ3v) is 5.06. The van der Waals surface area contributed by atoms with Crippen molar-refractivity contribution >= 4 is 17.7 Å². The lowest BCUT2D eigenvalue weighted by Crippen LogP contribution is -2.43. The Balaban J connectivity index is 1.93. The maximum absolute atomic E-state index is 13.1. The second-order valence-corrected chi connectivity index (χ2v) is 6.82. The first-order chi connectivity index (χ1) is 14.5. The SMILES string of the molecule is CCOc1ccccc1NC(=O)N1CCc2cc(OC)c(OC)cc2[C@H]1CC(=O)O. The maximum atomic E-state index is 13.1. The van der Waals surface area contributed by atoms with Crippen molar-refractivity contribution in [2.75, 3.05) is 32.7 Å². The number of fused-ring (bicyclic) bond motifs is 1. The van der Waals surface area contributed by atoms with Crippen LogP contribution in [0.2, 0.25) is 0 Å². The van der Waals surface area contributed by atoms with Crippen LogP contribution < -0.4 is 19.5 Å². The third-order valence-electron chi connectivity index (χ3n) is 5.06. The van der Waals surface area contributed by atoms with Gasteiger partial charge in [-0.25, -0.2) is 4.79 Å². The zero-order chi connectivity index (χ0) is 21.7. The number of carbonyl (C=O) groups excluding carboxylic acids is 1. The van der Waals surface area contributed by atoms with Gasteiger partial charge in [0.25, 0.3) is 0 Å². The van der Waals surface area contributed by atoms with E-state index in [-0.39, 0.29) is 12.5 Å². The molecule has 0 saturated carbocycles. The molecule has 2 aromatic rings. The molecular weight excluding hydrogens is 388 g/mol. The third kappa shape index (κ3) is 4.42. The first kappa shape index (κ1) is 21.3. The molecule has 2 amide bonds.